The van der Waals surface area contributed by atoms with Gasteiger partial charge in [-0.15, -0.1) is 0 Å². The topological polar surface area (TPSA) is 96.0 Å². The van der Waals surface area contributed by atoms with E-state index in [0.29, 0.717) is 0 Å². The van der Waals surface area contributed by atoms with E-state index in [1.165, 1.54) is 37.3 Å². The molecule has 136 valence electrons. The van der Waals surface area contributed by atoms with Gasteiger partial charge in [-0.25, -0.2) is 0 Å². The van der Waals surface area contributed by atoms with E-state index >= 15 is 0 Å². The number of fused-ring (bicyclic) bond motifs is 1. The Kier molecular flexibility index (Phi) is 4.23. The van der Waals surface area contributed by atoms with E-state index in [9.17, 15) is 18.0 Å². The van der Waals surface area contributed by atoms with Crippen LogP contribution in [0.1, 0.15) is 29.8 Å². The molecule has 8 heteroatoms. The molecule has 7 nitrogen and oxygen atoms in total. The highest BCUT2D eigenvalue weighted by atomic mass is 32.2. The average Bonchev–Trinajstić information content (AvgIpc) is 2.78. The molecule has 1 atom stereocenters. The first-order valence-corrected chi connectivity index (χ1v) is 9.10. The number of ketones is 1. The normalized spacial score (nSPS) is 18.8. The van der Waals surface area contributed by atoms with Crippen molar-refractivity contribution in [1.29, 1.82) is 0 Å². The summed E-state index contributed by atoms with van der Waals surface area (Å²) in [5.74, 6) is -2.91. The first-order chi connectivity index (χ1) is 12.1. The number of Topliss-reactive ketones (excluding diaryl/α,β-unsaturated/α-hetero) is 1. The third-order valence-corrected chi connectivity index (χ3v) is 5.03. The molecule has 3 rings (SSSR count). The minimum absolute atomic E-state index is 0.00377. The largest absolute Gasteiger partial charge is 0.445 e. The molecule has 0 fully saturated rings. The van der Waals surface area contributed by atoms with Gasteiger partial charge in [0.1, 0.15) is 16.4 Å². The van der Waals surface area contributed by atoms with Crippen molar-refractivity contribution in [2.24, 2.45) is 0 Å². The molecule has 1 aliphatic rings. The van der Waals surface area contributed by atoms with Crippen LogP contribution in [0.4, 0.5) is 0 Å². The van der Waals surface area contributed by atoms with Gasteiger partial charge in [0.25, 0.3) is 5.78 Å². The predicted octanol–water partition coefficient (Wildman–Crippen LogP) is 2.62. The van der Waals surface area contributed by atoms with E-state index in [1.54, 1.807) is 12.1 Å². The minimum Gasteiger partial charge on any atom is -0.445 e. The van der Waals surface area contributed by atoms with Crippen LogP contribution in [0, 0.1) is 6.92 Å². The number of hydrogen-bond acceptors (Lipinski definition) is 7. The number of ether oxygens (including phenoxy) is 2. The van der Waals surface area contributed by atoms with Crippen molar-refractivity contribution in [3.8, 4) is 11.5 Å². The van der Waals surface area contributed by atoms with Gasteiger partial charge in [-0.2, -0.15) is 8.42 Å². The number of hydrogen-bond donors (Lipinski definition) is 0. The summed E-state index contributed by atoms with van der Waals surface area (Å²) in [6.07, 6.45) is 0. The molecule has 0 amide bonds. The third-order valence-electron chi connectivity index (χ3n) is 3.77. The number of carbonyl (C=O) groups excluding carboxylic acids is 2. The molecule has 0 spiro atoms. The Morgan fingerprint density at radius 2 is 1.77 bits per heavy atom. The fourth-order valence-corrected chi connectivity index (χ4v) is 3.47. The van der Waals surface area contributed by atoms with E-state index in [0.717, 1.165) is 12.5 Å². The second-order valence-electron chi connectivity index (χ2n) is 5.98. The van der Waals surface area contributed by atoms with Crippen LogP contribution in [0.2, 0.25) is 0 Å². The average molecular weight is 376 g/mol. The Balaban J connectivity index is 1.89. The van der Waals surface area contributed by atoms with Gasteiger partial charge in [0.05, 0.1) is 5.56 Å². The quantitative estimate of drug-likeness (QED) is 0.598. The van der Waals surface area contributed by atoms with Crippen molar-refractivity contribution in [2.45, 2.75) is 31.5 Å². The van der Waals surface area contributed by atoms with E-state index in [2.05, 4.69) is 0 Å². The fraction of sp³-hybridized carbons (Fsp3) is 0.222. The van der Waals surface area contributed by atoms with Crippen LogP contribution >= 0.6 is 0 Å². The Morgan fingerprint density at radius 3 is 2.38 bits per heavy atom. The van der Waals surface area contributed by atoms with E-state index in [1.807, 2.05) is 6.92 Å². The van der Waals surface area contributed by atoms with Crippen LogP contribution in [0.5, 0.6) is 11.5 Å². The summed E-state index contributed by atoms with van der Waals surface area (Å²) in [5.41, 5.74) is 0.985. The Morgan fingerprint density at radius 1 is 1.12 bits per heavy atom. The first kappa shape index (κ1) is 17.9. The van der Waals surface area contributed by atoms with Crippen molar-refractivity contribution in [3.05, 3.63) is 53.6 Å². The molecule has 0 N–H and O–H groups in total. The predicted molar refractivity (Wildman–Crippen MR) is 90.6 cm³/mol. The molecule has 0 saturated heterocycles. The molecule has 0 aliphatic carbocycles. The Bertz CT molecular complexity index is 993. The van der Waals surface area contributed by atoms with Gasteiger partial charge in [0.15, 0.2) is 0 Å². The first-order valence-electron chi connectivity index (χ1n) is 7.69. The van der Waals surface area contributed by atoms with Crippen LogP contribution in [0.15, 0.2) is 47.4 Å². The molecule has 2 aromatic rings. The van der Waals surface area contributed by atoms with Gasteiger partial charge in [-0.1, -0.05) is 17.7 Å². The van der Waals surface area contributed by atoms with Gasteiger partial charge in [-0.3, -0.25) is 9.59 Å². The zero-order valence-corrected chi connectivity index (χ0v) is 15.1. The number of benzene rings is 2. The highest BCUT2D eigenvalue weighted by Crippen LogP contribution is 2.38. The second-order valence-corrected chi connectivity index (χ2v) is 7.53. The van der Waals surface area contributed by atoms with Gasteiger partial charge < -0.3 is 13.7 Å². The summed E-state index contributed by atoms with van der Waals surface area (Å²) in [6, 6.07) is 10.2. The van der Waals surface area contributed by atoms with Gasteiger partial charge in [0.2, 0.25) is 0 Å². The van der Waals surface area contributed by atoms with E-state index in [-0.39, 0.29) is 22.0 Å². The highest BCUT2D eigenvalue weighted by Gasteiger charge is 2.47. The number of esters is 1. The lowest BCUT2D eigenvalue weighted by molar-refractivity contribution is -0.172. The highest BCUT2D eigenvalue weighted by molar-refractivity contribution is 7.87. The van der Waals surface area contributed by atoms with Crippen molar-refractivity contribution < 1.29 is 31.7 Å². The lowest BCUT2D eigenvalue weighted by atomic mass is 10.1. The Hall–Kier alpha value is -2.87. The molecule has 0 radical (unpaired) electrons. The maximum absolute atomic E-state index is 12.5. The number of rotatable bonds is 4. The summed E-state index contributed by atoms with van der Waals surface area (Å²) in [5, 5.41) is 0. The van der Waals surface area contributed by atoms with Crippen LogP contribution in [-0.2, 0) is 19.6 Å². The van der Waals surface area contributed by atoms with Crippen molar-refractivity contribution >= 4 is 21.9 Å². The molecule has 1 aliphatic heterocycles. The maximum atomic E-state index is 12.5. The zero-order valence-electron chi connectivity index (χ0n) is 14.3. The van der Waals surface area contributed by atoms with Crippen LogP contribution in [0.25, 0.3) is 0 Å². The molecule has 2 aromatic carbocycles. The molecule has 0 saturated carbocycles. The fourth-order valence-electron chi connectivity index (χ4n) is 2.55. The lowest BCUT2D eigenvalue weighted by Gasteiger charge is -2.20. The standard InChI is InChI=1S/C18H16O7S/c1-11-4-7-14(8-5-11)26(21,22)25-13-6-9-16-15(10-13)17(20)18(3,24-16)23-12(2)19/h4-10H,1-3H3. The maximum Gasteiger partial charge on any atom is 0.339 e. The van der Waals surface area contributed by atoms with Gasteiger partial charge >= 0.3 is 21.9 Å². The Labute approximate surface area is 150 Å². The smallest absolute Gasteiger partial charge is 0.339 e. The summed E-state index contributed by atoms with van der Waals surface area (Å²) in [4.78, 5) is 23.6. The molecule has 26 heavy (non-hydrogen) atoms. The number of aryl methyl sites for hydroxylation is 1. The van der Waals surface area contributed by atoms with Gasteiger partial charge in [-0.05, 0) is 37.3 Å². The van der Waals surface area contributed by atoms with Crippen molar-refractivity contribution in [2.75, 3.05) is 0 Å². The molecule has 0 bridgehead atoms. The summed E-state index contributed by atoms with van der Waals surface area (Å²) in [6.45, 7) is 4.32. The third kappa shape index (κ3) is 3.28. The molecule has 1 heterocycles. The van der Waals surface area contributed by atoms with E-state index < -0.39 is 27.7 Å². The van der Waals surface area contributed by atoms with Crippen LogP contribution in [0.3, 0.4) is 0 Å². The second kappa shape index (κ2) is 6.14. The molecular weight excluding hydrogens is 360 g/mol. The van der Waals surface area contributed by atoms with Crippen molar-refractivity contribution in [1.82, 2.24) is 0 Å². The zero-order chi connectivity index (χ0) is 19.1. The summed E-state index contributed by atoms with van der Waals surface area (Å²) < 4.78 is 40.2. The number of carbonyl (C=O) groups is 2. The summed E-state index contributed by atoms with van der Waals surface area (Å²) >= 11 is 0. The minimum atomic E-state index is -4.05. The van der Waals surface area contributed by atoms with Crippen LogP contribution < -0.4 is 8.92 Å². The van der Waals surface area contributed by atoms with Crippen molar-refractivity contribution in [3.63, 3.8) is 0 Å². The SMILES string of the molecule is CC(=O)OC1(C)Oc2ccc(OS(=O)(=O)c3ccc(C)cc3)cc2C1=O. The summed E-state index contributed by atoms with van der Waals surface area (Å²) in [7, 11) is -4.05. The molecule has 1 unspecified atom stereocenters. The monoisotopic (exact) mass is 376 g/mol. The lowest BCUT2D eigenvalue weighted by Crippen LogP contribution is -2.41. The van der Waals surface area contributed by atoms with E-state index in [4.69, 9.17) is 13.7 Å². The molecule has 0 aromatic heterocycles. The van der Waals surface area contributed by atoms with Gasteiger partial charge in [0, 0.05) is 13.8 Å². The van der Waals surface area contributed by atoms with Crippen LogP contribution in [-0.4, -0.2) is 26.0 Å². The molecular formula is C18H16O7S.